The van der Waals surface area contributed by atoms with Crippen molar-refractivity contribution in [1.82, 2.24) is 0 Å². The molecule has 0 atom stereocenters. The zero-order chi connectivity index (χ0) is 16.2. The van der Waals surface area contributed by atoms with Gasteiger partial charge in [0.25, 0.3) is 10.0 Å². The van der Waals surface area contributed by atoms with Crippen molar-refractivity contribution in [1.29, 1.82) is 0 Å². The van der Waals surface area contributed by atoms with E-state index in [0.717, 1.165) is 12.8 Å². The van der Waals surface area contributed by atoms with Crippen LogP contribution in [0.3, 0.4) is 0 Å². The first kappa shape index (κ1) is 16.6. The summed E-state index contributed by atoms with van der Waals surface area (Å²) in [6.07, 6.45) is 1.68. The Labute approximate surface area is 136 Å². The normalized spacial score (nSPS) is 11.4. The van der Waals surface area contributed by atoms with E-state index in [4.69, 9.17) is 17.3 Å². The van der Waals surface area contributed by atoms with Crippen molar-refractivity contribution < 1.29 is 8.42 Å². The van der Waals surface area contributed by atoms with Crippen LogP contribution < -0.4 is 10.0 Å². The van der Waals surface area contributed by atoms with E-state index in [9.17, 15) is 8.42 Å². The fraction of sp³-hybridized carbons (Fsp3) is 0.250. The Morgan fingerprint density at radius 1 is 1.14 bits per heavy atom. The highest BCUT2D eigenvalue weighted by molar-refractivity contribution is 7.92. The Bertz CT molecular complexity index is 733. The molecular formula is C16H19ClN2O2S. The van der Waals surface area contributed by atoms with Gasteiger partial charge in [0.1, 0.15) is 0 Å². The fourth-order valence-corrected chi connectivity index (χ4v) is 3.75. The summed E-state index contributed by atoms with van der Waals surface area (Å²) in [4.78, 5) is 0.148. The topological polar surface area (TPSA) is 63.4 Å². The van der Waals surface area contributed by atoms with Crippen LogP contribution >= 0.6 is 11.6 Å². The quantitative estimate of drug-likeness (QED) is 0.812. The molecular weight excluding hydrogens is 320 g/mol. The molecule has 0 radical (unpaired) electrons. The van der Waals surface area contributed by atoms with Gasteiger partial charge in [-0.05, 0) is 36.8 Å². The van der Waals surface area contributed by atoms with Crippen LogP contribution in [0.25, 0.3) is 0 Å². The molecule has 0 fully saturated rings. The number of nitrogens with two attached hydrogens (primary N) is 1. The first-order chi connectivity index (χ1) is 10.5. The molecule has 0 aliphatic rings. The number of para-hydroxylation sites is 1. The number of anilines is 2. The minimum atomic E-state index is -3.67. The Balaban J connectivity index is 2.46. The van der Waals surface area contributed by atoms with Gasteiger partial charge in [0, 0.05) is 6.54 Å². The molecule has 0 aliphatic heterocycles. The molecule has 0 amide bonds. The van der Waals surface area contributed by atoms with Gasteiger partial charge in [-0.1, -0.05) is 43.1 Å². The van der Waals surface area contributed by atoms with Gasteiger partial charge in [0.15, 0.2) is 0 Å². The molecule has 22 heavy (non-hydrogen) atoms. The number of rotatable bonds is 6. The van der Waals surface area contributed by atoms with Crippen LogP contribution in [0.15, 0.2) is 53.4 Å². The molecule has 6 heteroatoms. The van der Waals surface area contributed by atoms with Crippen LogP contribution in [0.4, 0.5) is 11.4 Å². The summed E-state index contributed by atoms with van der Waals surface area (Å²) in [5, 5.41) is 0.346. The number of nitrogens with zero attached hydrogens (tertiary/aromatic N) is 1. The van der Waals surface area contributed by atoms with Gasteiger partial charge in [-0.2, -0.15) is 0 Å². The molecule has 0 unspecified atom stereocenters. The van der Waals surface area contributed by atoms with E-state index in [2.05, 4.69) is 0 Å². The highest BCUT2D eigenvalue weighted by Crippen LogP contribution is 2.28. The number of benzene rings is 2. The average Bonchev–Trinajstić information content (AvgIpc) is 2.51. The Hall–Kier alpha value is -1.72. The molecule has 118 valence electrons. The molecule has 0 saturated carbocycles. The standard InChI is InChI=1S/C16H19ClN2O2S/c1-2-3-11-19(13-7-5-4-6-8-13)22(20,21)14-9-10-15(17)16(18)12-14/h4-10,12H,2-3,11,18H2,1H3. The van der Waals surface area contributed by atoms with E-state index in [1.54, 1.807) is 12.1 Å². The Kier molecular flexibility index (Phi) is 5.32. The summed E-state index contributed by atoms with van der Waals surface area (Å²) in [6.45, 7) is 2.45. The van der Waals surface area contributed by atoms with E-state index in [1.165, 1.54) is 22.5 Å². The molecule has 0 saturated heterocycles. The molecule has 2 aromatic carbocycles. The zero-order valence-corrected chi connectivity index (χ0v) is 13.9. The van der Waals surface area contributed by atoms with Gasteiger partial charge < -0.3 is 5.73 Å². The third kappa shape index (κ3) is 3.54. The first-order valence-electron chi connectivity index (χ1n) is 7.09. The smallest absolute Gasteiger partial charge is 0.264 e. The Morgan fingerprint density at radius 3 is 2.41 bits per heavy atom. The van der Waals surface area contributed by atoms with Crippen LogP contribution in [0.1, 0.15) is 19.8 Å². The van der Waals surface area contributed by atoms with Crippen LogP contribution in [0.5, 0.6) is 0 Å². The molecule has 0 heterocycles. The maximum atomic E-state index is 12.9. The van der Waals surface area contributed by atoms with Gasteiger partial charge in [-0.25, -0.2) is 8.42 Å². The van der Waals surface area contributed by atoms with Crippen molar-refractivity contribution in [2.75, 3.05) is 16.6 Å². The predicted molar refractivity (Wildman–Crippen MR) is 91.7 cm³/mol. The molecule has 2 N–H and O–H groups in total. The van der Waals surface area contributed by atoms with Crippen LogP contribution in [-0.4, -0.2) is 15.0 Å². The Morgan fingerprint density at radius 2 is 1.82 bits per heavy atom. The molecule has 2 rings (SSSR count). The second-order valence-electron chi connectivity index (χ2n) is 4.95. The fourth-order valence-electron chi connectivity index (χ4n) is 2.09. The van der Waals surface area contributed by atoms with Crippen molar-refractivity contribution in [3.8, 4) is 0 Å². The van der Waals surface area contributed by atoms with E-state index in [1.807, 2.05) is 25.1 Å². The number of hydrogen-bond acceptors (Lipinski definition) is 3. The summed E-state index contributed by atoms with van der Waals surface area (Å²) in [5.74, 6) is 0. The SMILES string of the molecule is CCCCN(c1ccccc1)S(=O)(=O)c1ccc(Cl)c(N)c1. The molecule has 0 spiro atoms. The van der Waals surface area contributed by atoms with E-state index < -0.39 is 10.0 Å². The largest absolute Gasteiger partial charge is 0.397 e. The number of halogens is 1. The second kappa shape index (κ2) is 7.03. The van der Waals surface area contributed by atoms with Crippen LogP contribution in [-0.2, 0) is 10.0 Å². The number of unbranched alkanes of at least 4 members (excludes halogenated alkanes) is 1. The molecule has 0 bridgehead atoms. The summed E-state index contributed by atoms with van der Waals surface area (Å²) >= 11 is 5.88. The minimum absolute atomic E-state index is 0.148. The summed E-state index contributed by atoms with van der Waals surface area (Å²) < 4.78 is 27.3. The lowest BCUT2D eigenvalue weighted by molar-refractivity contribution is 0.588. The van der Waals surface area contributed by atoms with Gasteiger partial charge in [-0.3, -0.25) is 4.31 Å². The lowest BCUT2D eigenvalue weighted by Gasteiger charge is -2.24. The summed E-state index contributed by atoms with van der Waals surface area (Å²) in [6, 6.07) is 13.5. The zero-order valence-electron chi connectivity index (χ0n) is 12.4. The predicted octanol–water partition coefficient (Wildman–Crippen LogP) is 3.92. The maximum Gasteiger partial charge on any atom is 0.264 e. The molecule has 2 aromatic rings. The lowest BCUT2D eigenvalue weighted by atomic mass is 10.3. The van der Waals surface area contributed by atoms with Crippen molar-refractivity contribution in [2.45, 2.75) is 24.7 Å². The summed E-state index contributed by atoms with van der Waals surface area (Å²) in [5.41, 5.74) is 6.64. The van der Waals surface area contributed by atoms with Gasteiger partial charge >= 0.3 is 0 Å². The first-order valence-corrected chi connectivity index (χ1v) is 8.91. The molecule has 0 aromatic heterocycles. The van der Waals surface area contributed by atoms with Crippen LogP contribution in [0.2, 0.25) is 5.02 Å². The van der Waals surface area contributed by atoms with E-state index >= 15 is 0 Å². The van der Waals surface area contributed by atoms with E-state index in [-0.39, 0.29) is 10.6 Å². The number of nitrogen functional groups attached to an aromatic ring is 1. The highest BCUT2D eigenvalue weighted by atomic mass is 35.5. The minimum Gasteiger partial charge on any atom is -0.397 e. The van der Waals surface area contributed by atoms with Crippen molar-refractivity contribution in [3.05, 3.63) is 53.6 Å². The number of hydrogen-bond donors (Lipinski definition) is 1. The lowest BCUT2D eigenvalue weighted by Crippen LogP contribution is -2.32. The van der Waals surface area contributed by atoms with Gasteiger partial charge in [0.05, 0.1) is 21.3 Å². The number of sulfonamides is 1. The molecule has 0 aliphatic carbocycles. The molecule has 4 nitrogen and oxygen atoms in total. The van der Waals surface area contributed by atoms with Gasteiger partial charge in [-0.15, -0.1) is 0 Å². The summed E-state index contributed by atoms with van der Waals surface area (Å²) in [7, 11) is -3.67. The van der Waals surface area contributed by atoms with Crippen molar-refractivity contribution in [2.24, 2.45) is 0 Å². The highest BCUT2D eigenvalue weighted by Gasteiger charge is 2.24. The monoisotopic (exact) mass is 338 g/mol. The third-order valence-electron chi connectivity index (χ3n) is 3.31. The van der Waals surface area contributed by atoms with Crippen LogP contribution in [0, 0.1) is 0 Å². The van der Waals surface area contributed by atoms with Crippen molar-refractivity contribution >= 4 is 33.0 Å². The second-order valence-corrected chi connectivity index (χ2v) is 7.22. The van der Waals surface area contributed by atoms with E-state index in [0.29, 0.717) is 17.3 Å². The third-order valence-corrected chi connectivity index (χ3v) is 5.48. The van der Waals surface area contributed by atoms with Crippen molar-refractivity contribution in [3.63, 3.8) is 0 Å². The average molecular weight is 339 g/mol. The van der Waals surface area contributed by atoms with Gasteiger partial charge in [0.2, 0.25) is 0 Å². The maximum absolute atomic E-state index is 12.9.